The van der Waals surface area contributed by atoms with Gasteiger partial charge in [0.15, 0.2) is 0 Å². The van der Waals surface area contributed by atoms with E-state index in [0.717, 1.165) is 0 Å². The van der Waals surface area contributed by atoms with E-state index in [0.29, 0.717) is 0 Å². The highest BCUT2D eigenvalue weighted by Gasteiger charge is 2.19. The van der Waals surface area contributed by atoms with Crippen LogP contribution < -0.4 is 11.5 Å². The molecule has 0 saturated heterocycles. The predicted molar refractivity (Wildman–Crippen MR) is 35.4 cm³/mol. The summed E-state index contributed by atoms with van der Waals surface area (Å²) in [5, 5.41) is 17.0. The summed E-state index contributed by atoms with van der Waals surface area (Å²) in [6.07, 6.45) is -1.84. The van der Waals surface area contributed by atoms with E-state index >= 15 is 0 Å². The number of carbonyl (C=O) groups excluding carboxylic acids is 1. The van der Waals surface area contributed by atoms with Crippen molar-refractivity contribution in [2.45, 2.75) is 18.6 Å². The van der Waals surface area contributed by atoms with Crippen molar-refractivity contribution in [3.8, 4) is 0 Å². The number of aliphatic hydroxyl groups excluding tert-OH is 1. The van der Waals surface area contributed by atoms with Gasteiger partial charge in [0.25, 0.3) is 0 Å². The number of rotatable bonds is 4. The molecule has 11 heavy (non-hydrogen) atoms. The van der Waals surface area contributed by atoms with Crippen molar-refractivity contribution >= 4 is 11.9 Å². The molecule has 0 aliphatic heterocycles. The normalized spacial score (nSPS) is 15.5. The van der Waals surface area contributed by atoms with Gasteiger partial charge in [0.05, 0.1) is 0 Å². The minimum absolute atomic E-state index is 0.356. The number of nitrogens with two attached hydrogens (primary N) is 2. The van der Waals surface area contributed by atoms with Crippen LogP contribution in [0.2, 0.25) is 0 Å². The first kappa shape index (κ1) is 9.86. The van der Waals surface area contributed by atoms with Crippen LogP contribution in [0.15, 0.2) is 0 Å². The largest absolute Gasteiger partial charge is 0.480 e. The Morgan fingerprint density at radius 2 is 1.91 bits per heavy atom. The summed E-state index contributed by atoms with van der Waals surface area (Å²) in [6, 6.07) is -1.25. The van der Waals surface area contributed by atoms with Crippen molar-refractivity contribution in [1.29, 1.82) is 0 Å². The second-order valence-electron chi connectivity index (χ2n) is 2.10. The predicted octanol–water partition coefficient (Wildman–Crippen LogP) is -2.37. The zero-order chi connectivity index (χ0) is 9.02. The number of carboxylic acid groups (broad SMARTS) is 1. The molecular formula is C5H10N2O4. The maximum absolute atomic E-state index is 10.2. The van der Waals surface area contributed by atoms with E-state index in [-0.39, 0.29) is 6.42 Å². The van der Waals surface area contributed by atoms with Gasteiger partial charge in [0.2, 0.25) is 5.91 Å². The Morgan fingerprint density at radius 3 is 2.18 bits per heavy atom. The Kier molecular flexibility index (Phi) is 3.49. The lowest BCUT2D eigenvalue weighted by Gasteiger charge is -2.08. The Bertz CT molecular complexity index is 152. The summed E-state index contributed by atoms with van der Waals surface area (Å²) >= 11 is 0. The van der Waals surface area contributed by atoms with Gasteiger partial charge in [-0.2, -0.15) is 0 Å². The molecule has 64 valence electrons. The molecule has 0 aromatic heterocycles. The fraction of sp³-hybridized carbons (Fsp3) is 0.600. The van der Waals surface area contributed by atoms with E-state index in [1.807, 2.05) is 0 Å². The highest BCUT2D eigenvalue weighted by molar-refractivity contribution is 5.80. The molecule has 2 atom stereocenters. The quantitative estimate of drug-likeness (QED) is 0.367. The minimum atomic E-state index is -1.49. The van der Waals surface area contributed by atoms with E-state index in [9.17, 15) is 9.59 Å². The van der Waals surface area contributed by atoms with E-state index in [2.05, 4.69) is 5.73 Å². The average molecular weight is 162 g/mol. The highest BCUT2D eigenvalue weighted by atomic mass is 16.4. The Morgan fingerprint density at radius 1 is 1.45 bits per heavy atom. The summed E-state index contributed by atoms with van der Waals surface area (Å²) in [4.78, 5) is 20.3. The summed E-state index contributed by atoms with van der Waals surface area (Å²) in [5.41, 5.74) is 9.63. The number of carbonyl (C=O) groups is 2. The molecule has 6 heteroatoms. The molecule has 0 rings (SSSR count). The van der Waals surface area contributed by atoms with E-state index in [1.165, 1.54) is 0 Å². The molecule has 0 unspecified atom stereocenters. The Hall–Kier alpha value is -1.14. The molecule has 0 aliphatic rings. The molecule has 0 radical (unpaired) electrons. The topological polar surface area (TPSA) is 127 Å². The van der Waals surface area contributed by atoms with Crippen molar-refractivity contribution in [2.75, 3.05) is 0 Å². The van der Waals surface area contributed by atoms with Crippen molar-refractivity contribution in [3.63, 3.8) is 0 Å². The minimum Gasteiger partial charge on any atom is -0.480 e. The lowest BCUT2D eigenvalue weighted by atomic mass is 10.1. The smallest absolute Gasteiger partial charge is 0.320 e. The lowest BCUT2D eigenvalue weighted by Crippen LogP contribution is -2.39. The van der Waals surface area contributed by atoms with Gasteiger partial charge in [-0.1, -0.05) is 0 Å². The van der Waals surface area contributed by atoms with E-state index in [4.69, 9.17) is 15.9 Å². The Labute approximate surface area is 62.8 Å². The van der Waals surface area contributed by atoms with Gasteiger partial charge in [0, 0.05) is 6.42 Å². The standard InChI is InChI=1S/C5H10N2O4/c6-2(5(10)11)1-3(8)4(7)9/h2-3,8H,1,6H2,(H2,7,9)(H,10,11)/t2-,3+/m0/s1. The van der Waals surface area contributed by atoms with Gasteiger partial charge in [0.1, 0.15) is 12.1 Å². The molecular weight excluding hydrogens is 152 g/mol. The summed E-state index contributed by atoms with van der Waals surface area (Å²) in [7, 11) is 0. The molecule has 0 bridgehead atoms. The van der Waals surface area contributed by atoms with Gasteiger partial charge in [-0.25, -0.2) is 0 Å². The molecule has 0 aromatic carbocycles. The molecule has 0 fully saturated rings. The number of hydrogen-bond donors (Lipinski definition) is 4. The van der Waals surface area contributed by atoms with Crippen LogP contribution in [0.4, 0.5) is 0 Å². The molecule has 6 nitrogen and oxygen atoms in total. The second kappa shape index (κ2) is 3.89. The average Bonchev–Trinajstić information content (AvgIpc) is 1.87. The van der Waals surface area contributed by atoms with Crippen molar-refractivity contribution < 1.29 is 19.8 Å². The van der Waals surface area contributed by atoms with Crippen LogP contribution in [0.3, 0.4) is 0 Å². The van der Waals surface area contributed by atoms with Gasteiger partial charge in [-0.05, 0) is 0 Å². The van der Waals surface area contributed by atoms with Crippen LogP contribution in [0.25, 0.3) is 0 Å². The molecule has 0 aliphatic carbocycles. The van der Waals surface area contributed by atoms with Crippen LogP contribution in [-0.4, -0.2) is 34.2 Å². The second-order valence-corrected chi connectivity index (χ2v) is 2.10. The zero-order valence-corrected chi connectivity index (χ0v) is 5.73. The number of carboxylic acids is 1. The monoisotopic (exact) mass is 162 g/mol. The maximum atomic E-state index is 10.2. The molecule has 1 amide bonds. The van der Waals surface area contributed by atoms with Crippen LogP contribution in [-0.2, 0) is 9.59 Å². The van der Waals surface area contributed by atoms with Crippen molar-refractivity contribution in [2.24, 2.45) is 11.5 Å². The van der Waals surface area contributed by atoms with Gasteiger partial charge in [-0.15, -0.1) is 0 Å². The molecule has 0 aromatic rings. The summed E-state index contributed by atoms with van der Waals surface area (Å²) in [5.74, 6) is -2.24. The number of primary amides is 1. The third-order valence-electron chi connectivity index (χ3n) is 1.12. The van der Waals surface area contributed by atoms with Crippen molar-refractivity contribution in [1.82, 2.24) is 0 Å². The first-order chi connectivity index (χ1) is 4.95. The van der Waals surface area contributed by atoms with Gasteiger partial charge >= 0.3 is 5.97 Å². The van der Waals surface area contributed by atoms with Crippen LogP contribution in [0.1, 0.15) is 6.42 Å². The summed E-state index contributed by atoms with van der Waals surface area (Å²) in [6.45, 7) is 0. The fourth-order valence-electron chi connectivity index (χ4n) is 0.458. The number of aliphatic hydroxyl groups is 1. The first-order valence-corrected chi connectivity index (χ1v) is 2.91. The van der Waals surface area contributed by atoms with Gasteiger partial charge < -0.3 is 21.7 Å². The Balaban J connectivity index is 3.84. The van der Waals surface area contributed by atoms with Crippen LogP contribution >= 0.6 is 0 Å². The molecule has 6 N–H and O–H groups in total. The number of aliphatic carboxylic acids is 1. The van der Waals surface area contributed by atoms with E-state index < -0.39 is 24.0 Å². The van der Waals surface area contributed by atoms with Crippen LogP contribution in [0.5, 0.6) is 0 Å². The molecule has 0 spiro atoms. The zero-order valence-electron chi connectivity index (χ0n) is 5.73. The fourth-order valence-corrected chi connectivity index (χ4v) is 0.458. The SMILES string of the molecule is NC(=O)[C@H](O)C[C@H](N)C(=O)O. The summed E-state index contributed by atoms with van der Waals surface area (Å²) < 4.78 is 0. The third kappa shape index (κ3) is 3.54. The first-order valence-electron chi connectivity index (χ1n) is 2.91. The molecule has 0 heterocycles. The third-order valence-corrected chi connectivity index (χ3v) is 1.12. The number of hydrogen-bond acceptors (Lipinski definition) is 4. The molecule has 0 saturated carbocycles. The number of amides is 1. The maximum Gasteiger partial charge on any atom is 0.320 e. The lowest BCUT2D eigenvalue weighted by molar-refractivity contribution is -0.139. The van der Waals surface area contributed by atoms with Crippen molar-refractivity contribution in [3.05, 3.63) is 0 Å². The van der Waals surface area contributed by atoms with Crippen LogP contribution in [0, 0.1) is 0 Å². The van der Waals surface area contributed by atoms with Gasteiger partial charge in [-0.3, -0.25) is 9.59 Å². The van der Waals surface area contributed by atoms with E-state index in [1.54, 1.807) is 0 Å². The highest BCUT2D eigenvalue weighted by Crippen LogP contribution is 1.94.